The summed E-state index contributed by atoms with van der Waals surface area (Å²) in [7, 11) is 0. The highest BCUT2D eigenvalue weighted by Gasteiger charge is 2.28. The topological polar surface area (TPSA) is 35.1 Å². The van der Waals surface area contributed by atoms with Gasteiger partial charge in [-0.2, -0.15) is 0 Å². The molecule has 2 nitrogen and oxygen atoms in total. The minimum absolute atomic E-state index is 0.0909. The normalized spacial score (nSPS) is 15.9. The third-order valence-corrected chi connectivity index (χ3v) is 4.42. The number of benzene rings is 1. The van der Waals surface area contributed by atoms with Crippen molar-refractivity contribution in [3.05, 3.63) is 34.3 Å². The lowest BCUT2D eigenvalue weighted by Gasteiger charge is -2.26. The zero-order valence-corrected chi connectivity index (χ0v) is 12.5. The summed E-state index contributed by atoms with van der Waals surface area (Å²) >= 11 is 2.36. The van der Waals surface area contributed by atoms with Gasteiger partial charge in [0.15, 0.2) is 0 Å². The number of halogens is 1. The summed E-state index contributed by atoms with van der Waals surface area (Å²) in [5.41, 5.74) is 1.14. The van der Waals surface area contributed by atoms with Gasteiger partial charge in [0.2, 0.25) is 0 Å². The van der Waals surface area contributed by atoms with Gasteiger partial charge in [-0.15, -0.1) is 4.72 Å². The van der Waals surface area contributed by atoms with Crippen LogP contribution in [0.5, 0.6) is 0 Å². The molecule has 16 heavy (non-hydrogen) atoms. The molecule has 0 spiro atoms. The predicted molar refractivity (Wildman–Crippen MR) is 73.6 cm³/mol. The van der Waals surface area contributed by atoms with Gasteiger partial charge in [0.25, 0.3) is 0 Å². The van der Waals surface area contributed by atoms with Gasteiger partial charge in [-0.05, 0) is 45.4 Å². The molecule has 1 aromatic rings. The first-order valence-electron chi connectivity index (χ1n) is 5.24. The second-order valence-corrected chi connectivity index (χ2v) is 7.69. The highest BCUT2D eigenvalue weighted by molar-refractivity contribution is 9.10. The van der Waals surface area contributed by atoms with Crippen LogP contribution in [0, 0.1) is 0 Å². The molecule has 1 rings (SSSR count). The Kier molecular flexibility index (Phi) is 4.86. The molecular weight excluding hydrogens is 286 g/mol. The molecule has 0 aliphatic heterocycles. The molecule has 0 fully saturated rings. The minimum Gasteiger partial charge on any atom is -0.598 e. The molecule has 0 saturated carbocycles. The Morgan fingerprint density at radius 3 is 2.19 bits per heavy atom. The zero-order chi connectivity index (χ0) is 12.3. The Bertz CT molecular complexity index is 334. The van der Waals surface area contributed by atoms with Crippen molar-refractivity contribution in [1.29, 1.82) is 0 Å². The standard InChI is InChI=1S/C12H18BrNOS/c1-9(14-16(15)12(2,3)4)10-5-7-11(13)8-6-10/h5-9,14H,1-4H3/t9-,16?/m0/s1. The molecule has 90 valence electrons. The maximum absolute atomic E-state index is 11.9. The lowest BCUT2D eigenvalue weighted by molar-refractivity contribution is 0.531. The van der Waals surface area contributed by atoms with Gasteiger partial charge in [0, 0.05) is 15.8 Å². The predicted octanol–water partition coefficient (Wildman–Crippen LogP) is 3.56. The molecule has 1 aromatic carbocycles. The largest absolute Gasteiger partial charge is 0.598 e. The monoisotopic (exact) mass is 303 g/mol. The first kappa shape index (κ1) is 14.0. The smallest absolute Gasteiger partial charge is 0.136 e. The van der Waals surface area contributed by atoms with Crippen LogP contribution in [0.2, 0.25) is 0 Å². The molecule has 0 aliphatic carbocycles. The third-order valence-electron chi connectivity index (χ3n) is 2.21. The van der Waals surface area contributed by atoms with Crippen LogP contribution < -0.4 is 4.72 Å². The Labute approximate surface area is 109 Å². The number of hydrogen-bond acceptors (Lipinski definition) is 2. The fraction of sp³-hybridized carbons (Fsp3) is 0.500. The van der Waals surface area contributed by atoms with Crippen LogP contribution in [0.4, 0.5) is 0 Å². The summed E-state index contributed by atoms with van der Waals surface area (Å²) in [4.78, 5) is 0. The van der Waals surface area contributed by atoms with E-state index in [9.17, 15) is 4.55 Å². The second kappa shape index (κ2) is 5.54. The van der Waals surface area contributed by atoms with Gasteiger partial charge in [-0.1, -0.05) is 28.1 Å². The second-order valence-electron chi connectivity index (χ2n) is 4.77. The van der Waals surface area contributed by atoms with Gasteiger partial charge in [0.1, 0.15) is 4.75 Å². The molecule has 1 N–H and O–H groups in total. The summed E-state index contributed by atoms with van der Waals surface area (Å²) < 4.78 is 15.8. The van der Waals surface area contributed by atoms with E-state index in [4.69, 9.17) is 0 Å². The van der Waals surface area contributed by atoms with Crippen LogP contribution in [-0.2, 0) is 11.4 Å². The van der Waals surface area contributed by atoms with Crippen molar-refractivity contribution >= 4 is 27.3 Å². The van der Waals surface area contributed by atoms with Crippen molar-refractivity contribution in [3.63, 3.8) is 0 Å². The fourth-order valence-electron chi connectivity index (χ4n) is 1.16. The quantitative estimate of drug-likeness (QED) is 0.867. The fourth-order valence-corrected chi connectivity index (χ4v) is 2.23. The van der Waals surface area contributed by atoms with Crippen molar-refractivity contribution in [3.8, 4) is 0 Å². The molecule has 0 radical (unpaired) electrons. The first-order chi connectivity index (χ1) is 7.30. The highest BCUT2D eigenvalue weighted by atomic mass is 79.9. The van der Waals surface area contributed by atoms with Crippen LogP contribution >= 0.6 is 15.9 Å². The first-order valence-corrected chi connectivity index (χ1v) is 7.18. The van der Waals surface area contributed by atoms with E-state index in [-0.39, 0.29) is 10.8 Å². The van der Waals surface area contributed by atoms with E-state index in [1.165, 1.54) is 0 Å². The van der Waals surface area contributed by atoms with E-state index in [1.807, 2.05) is 52.0 Å². The van der Waals surface area contributed by atoms with E-state index in [0.29, 0.717) is 0 Å². The molecule has 0 aromatic heterocycles. The summed E-state index contributed by atoms with van der Waals surface area (Å²) in [6, 6.07) is 8.14. The highest BCUT2D eigenvalue weighted by Crippen LogP contribution is 2.20. The summed E-state index contributed by atoms with van der Waals surface area (Å²) in [6.45, 7) is 7.91. The van der Waals surface area contributed by atoms with Crippen molar-refractivity contribution in [2.24, 2.45) is 0 Å². The molecule has 2 atom stereocenters. The maximum atomic E-state index is 11.9. The van der Waals surface area contributed by atoms with E-state index in [1.54, 1.807) is 0 Å². The molecule has 4 heteroatoms. The average Bonchev–Trinajstić information content (AvgIpc) is 2.17. The number of hydrogen-bond donors (Lipinski definition) is 1. The molecule has 1 unspecified atom stereocenters. The van der Waals surface area contributed by atoms with Gasteiger partial charge >= 0.3 is 0 Å². The van der Waals surface area contributed by atoms with Gasteiger partial charge in [-0.25, -0.2) is 0 Å². The third kappa shape index (κ3) is 4.09. The van der Waals surface area contributed by atoms with Gasteiger partial charge in [-0.3, -0.25) is 0 Å². The van der Waals surface area contributed by atoms with E-state index < -0.39 is 11.4 Å². The Balaban J connectivity index is 2.65. The maximum Gasteiger partial charge on any atom is 0.136 e. The number of rotatable bonds is 3. The van der Waals surface area contributed by atoms with Gasteiger partial charge < -0.3 is 4.55 Å². The van der Waals surface area contributed by atoms with Crippen LogP contribution in [0.15, 0.2) is 28.7 Å². The number of nitrogens with one attached hydrogen (secondary N) is 1. The van der Waals surface area contributed by atoms with Crippen molar-refractivity contribution in [2.75, 3.05) is 0 Å². The molecule has 0 bridgehead atoms. The molecule has 0 saturated heterocycles. The summed E-state index contributed by atoms with van der Waals surface area (Å²) in [6.07, 6.45) is 0. The van der Waals surface area contributed by atoms with Crippen molar-refractivity contribution in [2.45, 2.75) is 38.5 Å². The molecule has 0 amide bonds. The Morgan fingerprint density at radius 1 is 1.25 bits per heavy atom. The average molecular weight is 304 g/mol. The molecular formula is C12H18BrNOS. The van der Waals surface area contributed by atoms with E-state index in [0.717, 1.165) is 10.0 Å². The van der Waals surface area contributed by atoms with E-state index in [2.05, 4.69) is 20.7 Å². The summed E-state index contributed by atoms with van der Waals surface area (Å²) in [5, 5.41) is 0. The molecule has 0 aliphatic rings. The lowest BCUT2D eigenvalue weighted by atomic mass is 10.1. The van der Waals surface area contributed by atoms with E-state index >= 15 is 0 Å². The zero-order valence-electron chi connectivity index (χ0n) is 10.1. The van der Waals surface area contributed by atoms with Crippen molar-refractivity contribution in [1.82, 2.24) is 4.72 Å². The minimum atomic E-state index is -1.03. The van der Waals surface area contributed by atoms with Crippen LogP contribution in [0.1, 0.15) is 39.3 Å². The van der Waals surface area contributed by atoms with Crippen molar-refractivity contribution < 1.29 is 4.55 Å². The summed E-state index contributed by atoms with van der Waals surface area (Å²) in [5.74, 6) is 0. The lowest BCUT2D eigenvalue weighted by Crippen LogP contribution is -2.40. The Hall–Kier alpha value is -0.0300. The van der Waals surface area contributed by atoms with Gasteiger partial charge in [0.05, 0.1) is 6.04 Å². The van der Waals surface area contributed by atoms with Crippen LogP contribution in [0.3, 0.4) is 0 Å². The van der Waals surface area contributed by atoms with Crippen LogP contribution in [-0.4, -0.2) is 9.30 Å². The Morgan fingerprint density at radius 2 is 1.75 bits per heavy atom. The molecule has 0 heterocycles. The van der Waals surface area contributed by atoms with Crippen LogP contribution in [0.25, 0.3) is 0 Å². The SMILES string of the molecule is C[C@H](N[S+]([O-])C(C)(C)C)c1ccc(Br)cc1.